The lowest BCUT2D eigenvalue weighted by Gasteiger charge is -2.31. The van der Waals surface area contributed by atoms with E-state index in [-0.39, 0.29) is 11.1 Å². The molecule has 2 N–H and O–H groups in total. The predicted octanol–water partition coefficient (Wildman–Crippen LogP) is 3.36. The van der Waals surface area contributed by atoms with Gasteiger partial charge in [-0.1, -0.05) is 13.0 Å². The van der Waals surface area contributed by atoms with Crippen molar-refractivity contribution in [3.8, 4) is 5.75 Å². The average molecular weight is 336 g/mol. The van der Waals surface area contributed by atoms with E-state index in [1.165, 1.54) is 13.8 Å². The van der Waals surface area contributed by atoms with Crippen molar-refractivity contribution in [3.63, 3.8) is 0 Å². The summed E-state index contributed by atoms with van der Waals surface area (Å²) in [7, 11) is 0. The summed E-state index contributed by atoms with van der Waals surface area (Å²) in [5, 5.41) is 19.3. The first-order chi connectivity index (χ1) is 10.4. The van der Waals surface area contributed by atoms with Gasteiger partial charge >= 0.3 is 12.1 Å². The summed E-state index contributed by atoms with van der Waals surface area (Å²) in [6, 6.07) is 2.08. The maximum atomic E-state index is 13.5. The molecule has 0 aliphatic carbocycles. The summed E-state index contributed by atoms with van der Waals surface area (Å²) < 4.78 is 58.3. The zero-order valence-corrected chi connectivity index (χ0v) is 12.6. The van der Waals surface area contributed by atoms with Gasteiger partial charge in [0.2, 0.25) is 0 Å². The van der Waals surface area contributed by atoms with Crippen molar-refractivity contribution in [1.29, 1.82) is 0 Å². The Hall–Kier alpha value is -1.83. The normalized spacial score (nSPS) is 31.3. The van der Waals surface area contributed by atoms with Crippen LogP contribution in [-0.2, 0) is 9.53 Å². The molecule has 1 saturated heterocycles. The van der Waals surface area contributed by atoms with Crippen LogP contribution in [0.25, 0.3) is 0 Å². The molecule has 0 unspecified atom stereocenters. The van der Waals surface area contributed by atoms with Crippen LogP contribution in [0.15, 0.2) is 12.1 Å². The summed E-state index contributed by atoms with van der Waals surface area (Å²) >= 11 is 0. The summed E-state index contributed by atoms with van der Waals surface area (Å²) in [4.78, 5) is 11.4. The molecular formula is C15H16F4O4. The fraction of sp³-hybridized carbons (Fsp3) is 0.533. The van der Waals surface area contributed by atoms with Crippen LogP contribution >= 0.6 is 0 Å². The Morgan fingerprint density at radius 2 is 1.91 bits per heavy atom. The fourth-order valence-electron chi connectivity index (χ4n) is 2.98. The van der Waals surface area contributed by atoms with Gasteiger partial charge < -0.3 is 14.9 Å². The van der Waals surface area contributed by atoms with Gasteiger partial charge in [0, 0.05) is 23.0 Å². The van der Waals surface area contributed by atoms with Crippen molar-refractivity contribution in [2.45, 2.75) is 44.6 Å². The molecule has 0 amide bonds. The molecule has 0 spiro atoms. The molecule has 4 nitrogen and oxygen atoms in total. The first-order valence-electron chi connectivity index (χ1n) is 6.87. The molecule has 0 saturated carbocycles. The Balaban J connectivity index is 2.60. The van der Waals surface area contributed by atoms with Crippen molar-refractivity contribution < 1.29 is 37.3 Å². The van der Waals surface area contributed by atoms with Crippen molar-refractivity contribution in [1.82, 2.24) is 0 Å². The summed E-state index contributed by atoms with van der Waals surface area (Å²) in [6.07, 6.45) is -6.59. The van der Waals surface area contributed by atoms with Gasteiger partial charge in [-0.25, -0.2) is 9.18 Å². The number of phenols is 1. The number of aromatic hydroxyl groups is 1. The van der Waals surface area contributed by atoms with Gasteiger partial charge in [0.05, 0.1) is 0 Å². The van der Waals surface area contributed by atoms with E-state index in [1.807, 2.05) is 0 Å². The number of alkyl halides is 3. The van der Waals surface area contributed by atoms with Crippen molar-refractivity contribution in [3.05, 3.63) is 29.1 Å². The number of halogens is 4. The van der Waals surface area contributed by atoms with E-state index in [0.29, 0.717) is 0 Å². The number of benzene rings is 1. The third-order valence-electron chi connectivity index (χ3n) is 4.67. The van der Waals surface area contributed by atoms with Gasteiger partial charge in [-0.15, -0.1) is 0 Å². The predicted molar refractivity (Wildman–Crippen MR) is 71.7 cm³/mol. The number of aliphatic carboxylic acids is 1. The van der Waals surface area contributed by atoms with E-state index in [0.717, 1.165) is 19.1 Å². The number of carboxylic acids is 1. The maximum absolute atomic E-state index is 13.5. The number of ether oxygens (including phenoxy) is 1. The molecule has 1 heterocycles. The molecule has 2 rings (SSSR count). The van der Waals surface area contributed by atoms with E-state index in [2.05, 4.69) is 0 Å². The standard InChI is InChI=1S/C15H16F4O4/c1-6-9(16)5-4-8(11(6)20)10-7(2)14(3,15(17,18)19)23-12(10)13(21)22/h4-5,7,10,12,20H,1-3H3,(H,21,22)/t7-,10-,12-,14+/m0/s1. The molecule has 128 valence electrons. The quantitative estimate of drug-likeness (QED) is 0.813. The van der Waals surface area contributed by atoms with E-state index in [1.54, 1.807) is 0 Å². The highest BCUT2D eigenvalue weighted by molar-refractivity contribution is 5.75. The molecule has 1 aliphatic rings. The average Bonchev–Trinajstić information content (AvgIpc) is 2.71. The highest BCUT2D eigenvalue weighted by atomic mass is 19.4. The second kappa shape index (κ2) is 5.36. The number of carbonyl (C=O) groups is 1. The van der Waals surface area contributed by atoms with E-state index in [4.69, 9.17) is 4.74 Å². The lowest BCUT2D eigenvalue weighted by molar-refractivity contribution is -0.273. The van der Waals surface area contributed by atoms with Gasteiger partial charge in [0.25, 0.3) is 0 Å². The van der Waals surface area contributed by atoms with E-state index < -0.39 is 47.3 Å². The SMILES string of the molecule is Cc1c(F)ccc([C@H]2[C@@H](C(=O)O)O[C@@](C)(C(F)(F)F)[C@H]2C)c1O. The van der Waals surface area contributed by atoms with E-state index >= 15 is 0 Å². The van der Waals surface area contributed by atoms with E-state index in [9.17, 15) is 32.6 Å². The second-order valence-electron chi connectivity index (χ2n) is 5.91. The second-order valence-corrected chi connectivity index (χ2v) is 5.91. The first kappa shape index (κ1) is 17.5. The number of carboxylic acid groups (broad SMARTS) is 1. The van der Waals surface area contributed by atoms with Crippen molar-refractivity contribution >= 4 is 5.97 Å². The van der Waals surface area contributed by atoms with Gasteiger partial charge in [-0.2, -0.15) is 13.2 Å². The number of hydrogen-bond acceptors (Lipinski definition) is 3. The molecule has 23 heavy (non-hydrogen) atoms. The minimum absolute atomic E-state index is 0.0724. The number of phenolic OH excluding ortho intramolecular Hbond substituents is 1. The Morgan fingerprint density at radius 3 is 2.39 bits per heavy atom. The Morgan fingerprint density at radius 1 is 1.35 bits per heavy atom. The molecule has 0 radical (unpaired) electrons. The molecular weight excluding hydrogens is 320 g/mol. The molecule has 1 fully saturated rings. The lowest BCUT2D eigenvalue weighted by atomic mass is 9.76. The lowest BCUT2D eigenvalue weighted by Crippen LogP contribution is -2.47. The number of rotatable bonds is 2. The Labute approximate surface area is 129 Å². The Bertz CT molecular complexity index is 643. The number of hydrogen-bond donors (Lipinski definition) is 2. The van der Waals surface area contributed by atoms with Gasteiger partial charge in [0.1, 0.15) is 11.6 Å². The molecule has 1 aromatic carbocycles. The Kier molecular flexibility index (Phi) is 4.09. The maximum Gasteiger partial charge on any atom is 0.417 e. The van der Waals surface area contributed by atoms with Crippen LogP contribution in [0.5, 0.6) is 5.75 Å². The minimum Gasteiger partial charge on any atom is -0.507 e. The monoisotopic (exact) mass is 336 g/mol. The largest absolute Gasteiger partial charge is 0.507 e. The van der Waals surface area contributed by atoms with Crippen LogP contribution in [0.2, 0.25) is 0 Å². The molecule has 0 bridgehead atoms. The van der Waals surface area contributed by atoms with Crippen LogP contribution in [0.4, 0.5) is 17.6 Å². The topological polar surface area (TPSA) is 66.8 Å². The zero-order valence-electron chi connectivity index (χ0n) is 12.6. The molecule has 0 aromatic heterocycles. The van der Waals surface area contributed by atoms with Gasteiger partial charge in [-0.05, 0) is 19.9 Å². The molecule has 1 aliphatic heterocycles. The van der Waals surface area contributed by atoms with Crippen LogP contribution in [0, 0.1) is 18.7 Å². The summed E-state index contributed by atoms with van der Waals surface area (Å²) in [5.74, 6) is -5.42. The third-order valence-corrected chi connectivity index (χ3v) is 4.67. The van der Waals surface area contributed by atoms with Crippen molar-refractivity contribution in [2.75, 3.05) is 0 Å². The molecule has 4 atom stereocenters. The third kappa shape index (κ3) is 2.54. The van der Waals surface area contributed by atoms with Crippen LogP contribution in [0.3, 0.4) is 0 Å². The molecule has 8 heteroatoms. The minimum atomic E-state index is -4.79. The van der Waals surface area contributed by atoms with Gasteiger partial charge in [0.15, 0.2) is 11.7 Å². The van der Waals surface area contributed by atoms with Crippen LogP contribution in [0.1, 0.15) is 30.9 Å². The summed E-state index contributed by atoms with van der Waals surface area (Å²) in [6.45, 7) is 3.24. The first-order valence-corrected chi connectivity index (χ1v) is 6.87. The highest BCUT2D eigenvalue weighted by Gasteiger charge is 2.65. The van der Waals surface area contributed by atoms with Gasteiger partial charge in [-0.3, -0.25) is 0 Å². The summed E-state index contributed by atoms with van der Waals surface area (Å²) in [5.41, 5.74) is -2.91. The fourth-order valence-corrected chi connectivity index (χ4v) is 2.98. The van der Waals surface area contributed by atoms with Crippen LogP contribution < -0.4 is 0 Å². The smallest absolute Gasteiger partial charge is 0.417 e. The van der Waals surface area contributed by atoms with Crippen LogP contribution in [-0.4, -0.2) is 34.1 Å². The zero-order chi connectivity index (χ0) is 17.7. The molecule has 1 aromatic rings. The van der Waals surface area contributed by atoms with Crippen molar-refractivity contribution in [2.24, 2.45) is 5.92 Å². The highest BCUT2D eigenvalue weighted by Crippen LogP contribution is 2.54.